The lowest BCUT2D eigenvalue weighted by atomic mass is 10.1. The van der Waals surface area contributed by atoms with Crippen LogP contribution in [0.3, 0.4) is 0 Å². The SMILES string of the molecule is CCOC(=O)COc1cc(-c2ccccc2)nc(-c2ccc3cc(OCc4ccccc4C)ccc3c2)n1. The van der Waals surface area contributed by atoms with Gasteiger partial charge in [0.15, 0.2) is 12.4 Å². The fraction of sp³-hybridized carbons (Fsp3) is 0.156. The number of ether oxygens (including phenoxy) is 3. The van der Waals surface area contributed by atoms with Crippen LogP contribution >= 0.6 is 0 Å². The van der Waals surface area contributed by atoms with Gasteiger partial charge in [0.2, 0.25) is 5.88 Å². The minimum atomic E-state index is -0.444. The second-order valence-electron chi connectivity index (χ2n) is 8.81. The van der Waals surface area contributed by atoms with Crippen LogP contribution < -0.4 is 9.47 Å². The monoisotopic (exact) mass is 504 g/mol. The number of hydrogen-bond acceptors (Lipinski definition) is 6. The van der Waals surface area contributed by atoms with Crippen molar-refractivity contribution in [2.75, 3.05) is 13.2 Å². The van der Waals surface area contributed by atoms with Crippen LogP contribution in [0.1, 0.15) is 18.1 Å². The summed E-state index contributed by atoms with van der Waals surface area (Å²) in [7, 11) is 0. The van der Waals surface area contributed by atoms with Gasteiger partial charge in [0, 0.05) is 17.2 Å². The third-order valence-corrected chi connectivity index (χ3v) is 6.14. The highest BCUT2D eigenvalue weighted by Crippen LogP contribution is 2.29. The molecule has 0 aliphatic rings. The predicted molar refractivity (Wildman–Crippen MR) is 148 cm³/mol. The molecule has 1 heterocycles. The van der Waals surface area contributed by atoms with Crippen LogP contribution in [0, 0.1) is 6.92 Å². The minimum Gasteiger partial charge on any atom is -0.489 e. The molecule has 0 atom stereocenters. The van der Waals surface area contributed by atoms with Crippen molar-refractivity contribution in [1.82, 2.24) is 9.97 Å². The Morgan fingerprint density at radius 3 is 2.34 bits per heavy atom. The maximum atomic E-state index is 11.8. The fourth-order valence-electron chi connectivity index (χ4n) is 4.11. The van der Waals surface area contributed by atoms with Crippen molar-refractivity contribution in [1.29, 1.82) is 0 Å². The number of aryl methyl sites for hydroxylation is 1. The van der Waals surface area contributed by atoms with Gasteiger partial charge in [-0.05, 0) is 53.9 Å². The van der Waals surface area contributed by atoms with Gasteiger partial charge in [0.25, 0.3) is 0 Å². The van der Waals surface area contributed by atoms with Crippen molar-refractivity contribution >= 4 is 16.7 Å². The molecule has 0 spiro atoms. The van der Waals surface area contributed by atoms with Gasteiger partial charge in [0.1, 0.15) is 12.4 Å². The molecule has 5 aromatic rings. The van der Waals surface area contributed by atoms with Crippen LogP contribution in [0.4, 0.5) is 0 Å². The largest absolute Gasteiger partial charge is 0.489 e. The van der Waals surface area contributed by atoms with E-state index in [1.165, 1.54) is 11.1 Å². The summed E-state index contributed by atoms with van der Waals surface area (Å²) in [5.41, 5.74) is 4.84. The van der Waals surface area contributed by atoms with Crippen molar-refractivity contribution in [3.63, 3.8) is 0 Å². The highest BCUT2D eigenvalue weighted by Gasteiger charge is 2.12. The van der Waals surface area contributed by atoms with E-state index >= 15 is 0 Å². The second kappa shape index (κ2) is 11.6. The van der Waals surface area contributed by atoms with Crippen molar-refractivity contribution in [3.05, 3.63) is 108 Å². The third kappa shape index (κ3) is 5.98. The van der Waals surface area contributed by atoms with Gasteiger partial charge in [-0.25, -0.2) is 9.78 Å². The number of carbonyl (C=O) groups is 1. The normalized spacial score (nSPS) is 10.8. The van der Waals surface area contributed by atoms with E-state index in [1.807, 2.05) is 78.9 Å². The van der Waals surface area contributed by atoms with Crippen LogP contribution in [0.2, 0.25) is 0 Å². The highest BCUT2D eigenvalue weighted by atomic mass is 16.6. The van der Waals surface area contributed by atoms with Crippen LogP contribution in [-0.2, 0) is 16.1 Å². The van der Waals surface area contributed by atoms with Crippen LogP contribution in [-0.4, -0.2) is 29.2 Å². The first-order valence-electron chi connectivity index (χ1n) is 12.5. The van der Waals surface area contributed by atoms with Gasteiger partial charge < -0.3 is 14.2 Å². The number of benzene rings is 4. The Bertz CT molecular complexity index is 1570. The summed E-state index contributed by atoms with van der Waals surface area (Å²) in [6.07, 6.45) is 0. The van der Waals surface area contributed by atoms with E-state index in [0.717, 1.165) is 27.6 Å². The van der Waals surface area contributed by atoms with E-state index in [2.05, 4.69) is 24.0 Å². The van der Waals surface area contributed by atoms with E-state index < -0.39 is 5.97 Å². The molecule has 0 fully saturated rings. The summed E-state index contributed by atoms with van der Waals surface area (Å²) in [6.45, 7) is 4.44. The van der Waals surface area contributed by atoms with Crippen molar-refractivity contribution < 1.29 is 19.0 Å². The Hall–Kier alpha value is -4.71. The van der Waals surface area contributed by atoms with Gasteiger partial charge in [-0.1, -0.05) is 72.8 Å². The van der Waals surface area contributed by atoms with E-state index in [4.69, 9.17) is 19.2 Å². The zero-order valence-electron chi connectivity index (χ0n) is 21.4. The molecule has 5 rings (SSSR count). The topological polar surface area (TPSA) is 70.5 Å². The highest BCUT2D eigenvalue weighted by molar-refractivity contribution is 5.87. The molecule has 0 aliphatic heterocycles. The summed E-state index contributed by atoms with van der Waals surface area (Å²) in [5, 5.41) is 2.09. The van der Waals surface area contributed by atoms with E-state index in [1.54, 1.807) is 13.0 Å². The first kappa shape index (κ1) is 25.0. The number of fused-ring (bicyclic) bond motifs is 1. The standard InChI is InChI=1S/C32H28N2O4/c1-3-36-31(35)21-38-30-19-29(23-10-5-4-6-11-23)33-32(34-30)26-14-13-25-18-28(16-15-24(25)17-26)37-20-27-12-8-7-9-22(27)2/h4-19H,3,20-21H2,1-2H3. The molecule has 0 aliphatic carbocycles. The molecule has 0 saturated heterocycles. The third-order valence-electron chi connectivity index (χ3n) is 6.14. The predicted octanol–water partition coefficient (Wildman–Crippen LogP) is 6.79. The lowest BCUT2D eigenvalue weighted by molar-refractivity contribution is -0.145. The Morgan fingerprint density at radius 2 is 1.53 bits per heavy atom. The first-order chi connectivity index (χ1) is 18.6. The molecule has 1 aromatic heterocycles. The smallest absolute Gasteiger partial charge is 0.344 e. The number of hydrogen-bond donors (Lipinski definition) is 0. The minimum absolute atomic E-state index is 0.221. The average Bonchev–Trinajstić information content (AvgIpc) is 2.96. The molecule has 0 amide bonds. The molecule has 190 valence electrons. The Labute approximate surface area is 221 Å². The van der Waals surface area contributed by atoms with Crippen molar-refractivity contribution in [3.8, 4) is 34.3 Å². The number of aromatic nitrogens is 2. The Balaban J connectivity index is 1.42. The van der Waals surface area contributed by atoms with Crippen molar-refractivity contribution in [2.45, 2.75) is 20.5 Å². The molecule has 4 aromatic carbocycles. The van der Waals surface area contributed by atoms with Gasteiger partial charge in [-0.2, -0.15) is 4.98 Å². The molecule has 0 radical (unpaired) electrons. The summed E-state index contributed by atoms with van der Waals surface area (Å²) in [4.78, 5) is 21.2. The zero-order valence-corrected chi connectivity index (χ0v) is 21.4. The summed E-state index contributed by atoms with van der Waals surface area (Å²) >= 11 is 0. The average molecular weight is 505 g/mol. The lowest BCUT2D eigenvalue weighted by Gasteiger charge is -2.11. The maximum Gasteiger partial charge on any atom is 0.344 e. The quantitative estimate of drug-likeness (QED) is 0.206. The lowest BCUT2D eigenvalue weighted by Crippen LogP contribution is -2.15. The van der Waals surface area contributed by atoms with Gasteiger partial charge >= 0.3 is 5.97 Å². The zero-order chi connectivity index (χ0) is 26.3. The van der Waals surface area contributed by atoms with Crippen LogP contribution in [0.15, 0.2) is 97.1 Å². The number of rotatable bonds is 9. The van der Waals surface area contributed by atoms with Gasteiger partial charge in [-0.15, -0.1) is 0 Å². The molecule has 0 bridgehead atoms. The molecular weight excluding hydrogens is 476 g/mol. The summed E-state index contributed by atoms with van der Waals surface area (Å²) in [5.74, 6) is 1.18. The molecule has 0 saturated carbocycles. The molecular formula is C32H28N2O4. The molecule has 38 heavy (non-hydrogen) atoms. The number of carbonyl (C=O) groups excluding carboxylic acids is 1. The Kier molecular flexibility index (Phi) is 7.59. The number of esters is 1. The molecule has 6 heteroatoms. The van der Waals surface area contributed by atoms with Crippen LogP contribution in [0.5, 0.6) is 11.6 Å². The first-order valence-corrected chi connectivity index (χ1v) is 12.5. The second-order valence-corrected chi connectivity index (χ2v) is 8.81. The van der Waals surface area contributed by atoms with E-state index in [0.29, 0.717) is 30.6 Å². The van der Waals surface area contributed by atoms with Gasteiger partial charge in [-0.3, -0.25) is 0 Å². The Morgan fingerprint density at radius 1 is 0.763 bits per heavy atom. The van der Waals surface area contributed by atoms with Crippen LogP contribution in [0.25, 0.3) is 33.4 Å². The molecule has 0 unspecified atom stereocenters. The number of nitrogens with zero attached hydrogens (tertiary/aromatic N) is 2. The van der Waals surface area contributed by atoms with Gasteiger partial charge in [0.05, 0.1) is 12.3 Å². The van der Waals surface area contributed by atoms with Crippen molar-refractivity contribution in [2.24, 2.45) is 0 Å². The summed E-state index contributed by atoms with van der Waals surface area (Å²) < 4.78 is 16.7. The molecule has 0 N–H and O–H groups in total. The van der Waals surface area contributed by atoms with E-state index in [-0.39, 0.29) is 6.61 Å². The van der Waals surface area contributed by atoms with E-state index in [9.17, 15) is 4.79 Å². The maximum absolute atomic E-state index is 11.8. The molecule has 6 nitrogen and oxygen atoms in total. The fourth-order valence-corrected chi connectivity index (χ4v) is 4.11. The summed E-state index contributed by atoms with van der Waals surface area (Å²) in [6, 6.07) is 31.8.